The Morgan fingerprint density at radius 1 is 0.727 bits per heavy atom. The van der Waals surface area contributed by atoms with E-state index in [0.29, 0.717) is 0 Å². The first-order valence-electron chi connectivity index (χ1n) is 7.19. The molecule has 109 valence electrons. The number of hydrogen-bond acceptors (Lipinski definition) is 1. The zero-order chi connectivity index (χ0) is 15.2. The molecule has 1 aliphatic rings. The molecule has 3 aromatic carbocycles. The molecular formula is C19H15AsFO. The second-order valence-electron chi connectivity index (χ2n) is 5.52. The summed E-state index contributed by atoms with van der Waals surface area (Å²) in [6.45, 7) is 0. The Balaban J connectivity index is 2.03. The number of benzene rings is 3. The molecule has 22 heavy (non-hydrogen) atoms. The molecule has 1 heterocycles. The zero-order valence-electron chi connectivity index (χ0n) is 12.2. The predicted molar refractivity (Wildman–Crippen MR) is 89.9 cm³/mol. The standard InChI is InChI=1S/C19H15AsFO/c1-20(14-10-12-15(21)13-11-14)16-6-2-4-8-18(16)22-19-9-5-3-7-17(19)20/h2-13H,1H3. The van der Waals surface area contributed by atoms with Crippen LogP contribution in [0, 0.1) is 5.82 Å². The molecule has 0 bridgehead atoms. The van der Waals surface area contributed by atoms with Crippen LogP contribution in [-0.4, -0.2) is 13.6 Å². The van der Waals surface area contributed by atoms with Crippen molar-refractivity contribution in [2.45, 2.75) is 5.71 Å². The van der Waals surface area contributed by atoms with Crippen LogP contribution in [0.1, 0.15) is 0 Å². The molecule has 1 nitrogen and oxygen atoms in total. The predicted octanol–water partition coefficient (Wildman–Crippen LogP) is 3.03. The van der Waals surface area contributed by atoms with Crippen LogP contribution >= 0.6 is 0 Å². The van der Waals surface area contributed by atoms with Crippen LogP contribution in [0.2, 0.25) is 5.71 Å². The Morgan fingerprint density at radius 2 is 1.23 bits per heavy atom. The number of ether oxygens (including phenoxy) is 1. The molecule has 0 atom stereocenters. The second kappa shape index (κ2) is 5.00. The van der Waals surface area contributed by atoms with E-state index in [-0.39, 0.29) is 5.82 Å². The Morgan fingerprint density at radius 3 is 1.77 bits per heavy atom. The summed E-state index contributed by atoms with van der Waals surface area (Å²) in [5, 5.41) is 0. The molecule has 1 aliphatic heterocycles. The average Bonchev–Trinajstić information content (AvgIpc) is 2.56. The monoisotopic (exact) mass is 353 g/mol. The summed E-state index contributed by atoms with van der Waals surface area (Å²) in [5.74, 6) is 1.67. The summed E-state index contributed by atoms with van der Waals surface area (Å²) in [6.07, 6.45) is 0. The summed E-state index contributed by atoms with van der Waals surface area (Å²) in [4.78, 5) is 0. The van der Waals surface area contributed by atoms with Gasteiger partial charge in [0.2, 0.25) is 0 Å². The van der Waals surface area contributed by atoms with Crippen LogP contribution in [0.25, 0.3) is 0 Å². The molecule has 0 saturated heterocycles. The van der Waals surface area contributed by atoms with Crippen LogP contribution < -0.4 is 17.8 Å². The van der Waals surface area contributed by atoms with Gasteiger partial charge in [0.05, 0.1) is 0 Å². The Kier molecular flexibility index (Phi) is 3.09. The van der Waals surface area contributed by atoms with Crippen LogP contribution in [0.15, 0.2) is 72.8 Å². The van der Waals surface area contributed by atoms with Gasteiger partial charge in [-0.3, -0.25) is 0 Å². The fourth-order valence-corrected chi connectivity index (χ4v) is 10.3. The number of hydrogen-bond donors (Lipinski definition) is 0. The van der Waals surface area contributed by atoms with Gasteiger partial charge in [-0.1, -0.05) is 0 Å². The number of rotatable bonds is 1. The van der Waals surface area contributed by atoms with E-state index in [2.05, 4.69) is 30.0 Å². The van der Waals surface area contributed by atoms with Crippen molar-refractivity contribution in [2.24, 2.45) is 0 Å². The van der Waals surface area contributed by atoms with Crippen molar-refractivity contribution in [3.05, 3.63) is 78.6 Å². The van der Waals surface area contributed by atoms with Gasteiger partial charge < -0.3 is 0 Å². The third-order valence-electron chi connectivity index (χ3n) is 4.26. The van der Waals surface area contributed by atoms with Gasteiger partial charge in [-0.25, -0.2) is 0 Å². The van der Waals surface area contributed by atoms with Crippen LogP contribution in [0.5, 0.6) is 11.5 Å². The van der Waals surface area contributed by atoms with Crippen LogP contribution in [0.4, 0.5) is 4.39 Å². The first kappa shape index (κ1) is 13.6. The van der Waals surface area contributed by atoms with E-state index in [1.54, 1.807) is 12.1 Å². The summed E-state index contributed by atoms with van der Waals surface area (Å²) in [7, 11) is 0. The summed E-state index contributed by atoms with van der Waals surface area (Å²) < 4.78 is 23.2. The summed E-state index contributed by atoms with van der Waals surface area (Å²) in [5.41, 5.74) is 2.34. The van der Waals surface area contributed by atoms with Crippen molar-refractivity contribution in [3.8, 4) is 11.5 Å². The van der Waals surface area contributed by atoms with Gasteiger partial charge in [-0.2, -0.15) is 0 Å². The molecular weight excluding hydrogens is 338 g/mol. The molecule has 4 rings (SSSR count). The molecule has 0 saturated carbocycles. The quantitative estimate of drug-likeness (QED) is 0.611. The molecule has 0 aromatic heterocycles. The van der Waals surface area contributed by atoms with Crippen molar-refractivity contribution in [2.75, 3.05) is 0 Å². The van der Waals surface area contributed by atoms with Gasteiger partial charge >= 0.3 is 132 Å². The topological polar surface area (TPSA) is 9.23 Å². The Labute approximate surface area is 131 Å². The zero-order valence-corrected chi connectivity index (χ0v) is 14.0. The molecule has 0 spiro atoms. The van der Waals surface area contributed by atoms with Crippen molar-refractivity contribution >= 4 is 26.6 Å². The van der Waals surface area contributed by atoms with Crippen molar-refractivity contribution < 1.29 is 9.13 Å². The number of fused-ring (bicyclic) bond motifs is 2. The van der Waals surface area contributed by atoms with Crippen molar-refractivity contribution in [1.82, 2.24) is 0 Å². The molecule has 0 N–H and O–H groups in total. The summed E-state index contributed by atoms with van der Waals surface area (Å²) in [6, 6.07) is 23.4. The maximum absolute atomic E-state index is 13.4. The van der Waals surface area contributed by atoms with Gasteiger partial charge in [0.1, 0.15) is 0 Å². The van der Waals surface area contributed by atoms with E-state index in [1.807, 2.05) is 36.4 Å². The van der Waals surface area contributed by atoms with E-state index in [4.69, 9.17) is 4.74 Å². The molecule has 3 heteroatoms. The minimum atomic E-state index is -2.60. The summed E-state index contributed by atoms with van der Waals surface area (Å²) >= 11 is -2.60. The van der Waals surface area contributed by atoms with Crippen LogP contribution in [0.3, 0.4) is 0 Å². The van der Waals surface area contributed by atoms with E-state index in [1.165, 1.54) is 13.1 Å². The van der Waals surface area contributed by atoms with Crippen molar-refractivity contribution in [3.63, 3.8) is 0 Å². The molecule has 0 unspecified atom stereocenters. The Bertz CT molecular complexity index is 797. The maximum atomic E-state index is 13.4. The molecule has 0 fully saturated rings. The van der Waals surface area contributed by atoms with Gasteiger partial charge in [0.15, 0.2) is 0 Å². The SMILES string of the molecule is C[As]1(c2ccc(F)cc2)c2ccccc2Oc2ccccc21. The third kappa shape index (κ3) is 1.91. The molecule has 0 aliphatic carbocycles. The van der Waals surface area contributed by atoms with Gasteiger partial charge in [-0.05, 0) is 0 Å². The van der Waals surface area contributed by atoms with Crippen molar-refractivity contribution in [1.29, 1.82) is 0 Å². The van der Waals surface area contributed by atoms with Gasteiger partial charge in [0, 0.05) is 0 Å². The van der Waals surface area contributed by atoms with Gasteiger partial charge in [0.25, 0.3) is 0 Å². The second-order valence-corrected chi connectivity index (χ2v) is 12.8. The van der Waals surface area contributed by atoms with E-state index in [9.17, 15) is 4.39 Å². The van der Waals surface area contributed by atoms with Gasteiger partial charge in [-0.15, -0.1) is 0 Å². The third-order valence-corrected chi connectivity index (χ3v) is 12.6. The molecule has 3 aromatic rings. The average molecular weight is 353 g/mol. The number of halogens is 1. The van der Waals surface area contributed by atoms with E-state index >= 15 is 0 Å². The fraction of sp³-hybridized carbons (Fsp3) is 0.0526. The first-order chi connectivity index (χ1) is 10.7. The minimum absolute atomic E-state index is 0.194. The fourth-order valence-electron chi connectivity index (χ4n) is 3.09. The van der Waals surface area contributed by atoms with Crippen LogP contribution in [-0.2, 0) is 0 Å². The van der Waals surface area contributed by atoms with E-state index < -0.39 is 13.6 Å². The Hall–Kier alpha value is -2.05. The molecule has 1 radical (unpaired) electrons. The van der Waals surface area contributed by atoms with E-state index in [0.717, 1.165) is 11.5 Å². The first-order valence-corrected chi connectivity index (χ1v) is 11.9. The normalized spacial score (nSPS) is 14.6. The number of para-hydroxylation sites is 2. The molecule has 0 amide bonds.